The highest BCUT2D eigenvalue weighted by atomic mass is 16.4. The highest BCUT2D eigenvalue weighted by Crippen LogP contribution is 2.22. The van der Waals surface area contributed by atoms with Gasteiger partial charge in [0.25, 0.3) is 0 Å². The van der Waals surface area contributed by atoms with Crippen LogP contribution >= 0.6 is 0 Å². The van der Waals surface area contributed by atoms with Crippen LogP contribution in [0.1, 0.15) is 95.2 Å². The molecule has 440 valence electrons. The molecule has 1 saturated heterocycles. The molecule has 0 bridgehead atoms. The van der Waals surface area contributed by atoms with Crippen LogP contribution in [0.2, 0.25) is 0 Å². The molecule has 5 rings (SSSR count). The van der Waals surface area contributed by atoms with Crippen LogP contribution in [0.5, 0.6) is 11.5 Å². The Morgan fingerprint density at radius 2 is 1.23 bits per heavy atom. The normalized spacial score (nSPS) is 21.7. The molecule has 0 saturated carbocycles. The second-order valence-corrected chi connectivity index (χ2v) is 21.3. The Bertz CT molecular complexity index is 2770. The summed E-state index contributed by atoms with van der Waals surface area (Å²) in [7, 11) is 1.94. The third-order valence-corrected chi connectivity index (χ3v) is 14.3. The van der Waals surface area contributed by atoms with Gasteiger partial charge in [-0.15, -0.1) is 0 Å². The first-order valence-corrected chi connectivity index (χ1v) is 27.7. The Balaban J connectivity index is 1.50. The highest BCUT2D eigenvalue weighted by Gasteiger charge is 2.35. The Morgan fingerprint density at radius 3 is 1.85 bits per heavy atom. The molecule has 23 heteroatoms. The minimum atomic E-state index is -1.69. The molecule has 0 spiro atoms. The van der Waals surface area contributed by atoms with Gasteiger partial charge in [0.2, 0.25) is 47.3 Å². The molecule has 0 radical (unpaired) electrons. The number of nitrogens with two attached hydrogens (primary N) is 1. The maximum atomic E-state index is 14.9. The molecule has 7 atom stereocenters. The molecule has 4 aromatic rings. The van der Waals surface area contributed by atoms with E-state index in [0.29, 0.717) is 68.3 Å². The van der Waals surface area contributed by atoms with Gasteiger partial charge in [0.1, 0.15) is 47.8 Å². The molecule has 2 heterocycles. The van der Waals surface area contributed by atoms with Crippen LogP contribution in [-0.2, 0) is 62.4 Å². The number of phenolic OH excluding ortho intramolecular Hbond substituents is 2. The number of fused-ring (bicyclic) bond motifs is 1. The number of aromatic nitrogens is 1. The van der Waals surface area contributed by atoms with E-state index in [4.69, 9.17) is 5.73 Å². The third-order valence-electron chi connectivity index (χ3n) is 14.3. The number of carbonyl (C=O) groups excluding carboxylic acids is 8. The Hall–Kier alpha value is -8.05. The number of benzene rings is 3. The largest absolute Gasteiger partial charge is 0.508 e. The van der Waals surface area contributed by atoms with E-state index in [1.54, 1.807) is 6.20 Å². The van der Waals surface area contributed by atoms with Gasteiger partial charge >= 0.3 is 5.97 Å². The zero-order valence-corrected chi connectivity index (χ0v) is 46.6. The van der Waals surface area contributed by atoms with E-state index in [1.807, 2.05) is 52.1 Å². The maximum Gasteiger partial charge on any atom is 0.326 e. The summed E-state index contributed by atoms with van der Waals surface area (Å²) in [5.41, 5.74) is 7.96. The maximum absolute atomic E-state index is 14.9. The van der Waals surface area contributed by atoms with Gasteiger partial charge in [0, 0.05) is 55.2 Å². The average molecular weight is 1130 g/mol. The number of amides is 8. The number of aliphatic hydroxyl groups excluding tert-OH is 1. The van der Waals surface area contributed by atoms with E-state index < -0.39 is 115 Å². The average Bonchev–Trinajstić information content (AvgIpc) is 3.83. The fourth-order valence-corrected chi connectivity index (χ4v) is 9.69. The number of hydrogen-bond acceptors (Lipinski definition) is 13. The van der Waals surface area contributed by atoms with E-state index in [-0.39, 0.29) is 55.6 Å². The molecule has 8 amide bonds. The van der Waals surface area contributed by atoms with Crippen LogP contribution in [0.4, 0.5) is 0 Å². The van der Waals surface area contributed by atoms with Crippen LogP contribution in [0.3, 0.4) is 0 Å². The monoisotopic (exact) mass is 1120 g/mol. The third kappa shape index (κ3) is 20.5. The number of primary amides is 1. The molecule has 1 aliphatic rings. The molecule has 2 unspecified atom stereocenters. The number of carboxylic acid groups (broad SMARTS) is 1. The summed E-state index contributed by atoms with van der Waals surface area (Å²) in [6, 6.07) is 10.2. The first-order chi connectivity index (χ1) is 38.6. The van der Waals surface area contributed by atoms with Gasteiger partial charge < -0.3 is 72.8 Å². The Kier molecular flexibility index (Phi) is 24.9. The number of carbonyl (C=O) groups is 9. The van der Waals surface area contributed by atoms with E-state index in [2.05, 4.69) is 41.8 Å². The van der Waals surface area contributed by atoms with Crippen molar-refractivity contribution in [1.29, 1.82) is 0 Å². The van der Waals surface area contributed by atoms with Crippen LogP contribution in [0.25, 0.3) is 10.9 Å². The topological polar surface area (TPSA) is 355 Å². The van der Waals surface area contributed by atoms with Gasteiger partial charge in [-0.25, -0.2) is 4.79 Å². The predicted molar refractivity (Wildman–Crippen MR) is 301 cm³/mol. The molecule has 0 aliphatic carbocycles. The quantitative estimate of drug-likeness (QED) is 0.0716. The van der Waals surface area contributed by atoms with Crippen molar-refractivity contribution in [2.45, 2.75) is 134 Å². The number of aromatic amines is 1. The molecule has 13 N–H and O–H groups in total. The predicted octanol–water partition coefficient (Wildman–Crippen LogP) is 1.66. The van der Waals surface area contributed by atoms with E-state index in [1.165, 1.54) is 53.4 Å². The molecule has 1 fully saturated rings. The van der Waals surface area contributed by atoms with E-state index in [9.17, 15) is 63.6 Å². The van der Waals surface area contributed by atoms with Gasteiger partial charge in [-0.1, -0.05) is 69.7 Å². The number of nitrogens with zero attached hydrogens (tertiary/aromatic N) is 2. The number of hydrogen-bond donors (Lipinski definition) is 12. The number of phenols is 2. The van der Waals surface area contributed by atoms with Crippen LogP contribution in [0, 0.1) is 11.8 Å². The number of aliphatic hydroxyl groups is 1. The van der Waals surface area contributed by atoms with Crippen LogP contribution < -0.4 is 37.6 Å². The summed E-state index contributed by atoms with van der Waals surface area (Å²) < 4.78 is 0. The number of aliphatic carboxylic acids is 1. The minimum absolute atomic E-state index is 0.00143. The molecular formula is C58H80N10O13. The van der Waals surface area contributed by atoms with Crippen molar-refractivity contribution in [3.05, 3.63) is 95.7 Å². The number of H-pyrrole nitrogens is 1. The minimum Gasteiger partial charge on any atom is -0.508 e. The second kappa shape index (κ2) is 31.7. The highest BCUT2D eigenvalue weighted by molar-refractivity contribution is 5.98. The lowest BCUT2D eigenvalue weighted by molar-refractivity contribution is -0.143. The van der Waals surface area contributed by atoms with Crippen molar-refractivity contribution in [2.75, 3.05) is 39.8 Å². The standard InChI is InChI=1S/C58H80N10O13/c1-5-38-12-8-9-25-67(4)26-10-11-27-68(33-51(73)61-48(58(80)81)30-37-17-21-41(71)22-18-37)57(79)47(28-35(2)3)65-54(76)45(29-36-15-19-40(70)20-16-36)64-53(75)44(23-24-50(59)72)62-56(78)49(34-69)66-55(77)46(63-52(38)74)31-39-32-60-43-14-7-6-13-42(39)43/h6-7,13-22,32,35,38,44-49,60,69-71H,5,8-12,23-31,33-34H2,1-4H3,(H2,59,72)(H,61,73)(H,62,78)(H,63,74)(H,64,75)(H,65,76)(H,66,77)(H,80,81)/t38-,44-,45?,46-,47-,48-,49?/m0/s1. The van der Waals surface area contributed by atoms with E-state index in [0.717, 1.165) is 10.9 Å². The zero-order valence-electron chi connectivity index (χ0n) is 46.6. The first kappa shape index (κ1) is 63.8. The molecule has 3 aromatic carbocycles. The van der Waals surface area contributed by atoms with Crippen molar-refractivity contribution in [3.8, 4) is 11.5 Å². The van der Waals surface area contributed by atoms with Crippen molar-refractivity contribution in [2.24, 2.45) is 17.6 Å². The van der Waals surface area contributed by atoms with Gasteiger partial charge in [0.15, 0.2) is 0 Å². The van der Waals surface area contributed by atoms with Crippen LogP contribution in [0.15, 0.2) is 79.0 Å². The number of para-hydroxylation sites is 1. The summed E-state index contributed by atoms with van der Waals surface area (Å²) >= 11 is 0. The summed E-state index contributed by atoms with van der Waals surface area (Å²) in [6.45, 7) is 5.22. The van der Waals surface area contributed by atoms with Crippen molar-refractivity contribution >= 4 is 64.1 Å². The number of nitrogens with one attached hydrogen (secondary N) is 7. The summed E-state index contributed by atoms with van der Waals surface area (Å²) in [4.78, 5) is 131. The zero-order chi connectivity index (χ0) is 59.2. The van der Waals surface area contributed by atoms with Gasteiger partial charge in [0.05, 0.1) is 13.2 Å². The van der Waals surface area contributed by atoms with Crippen molar-refractivity contribution < 1.29 is 63.6 Å². The smallest absolute Gasteiger partial charge is 0.326 e. The Morgan fingerprint density at radius 1 is 0.691 bits per heavy atom. The van der Waals surface area contributed by atoms with Gasteiger partial charge in [-0.2, -0.15) is 0 Å². The second-order valence-electron chi connectivity index (χ2n) is 21.3. The SMILES string of the molecule is CC[C@H]1CCCCN(C)CCCCN(CC(=O)N[C@@H](Cc2ccc(O)cc2)C(=O)O)C(=O)[C@H](CC(C)C)NC(=O)C(Cc2ccc(O)cc2)NC(=O)[C@H](CCC(N)=O)NC(=O)C(CO)NC(=O)[C@H](Cc2c[nH]c3ccccc23)NC1=O. The lowest BCUT2D eigenvalue weighted by atomic mass is 9.96. The van der Waals surface area contributed by atoms with Gasteiger partial charge in [-0.05, 0) is 118 Å². The first-order valence-electron chi connectivity index (χ1n) is 27.7. The summed E-state index contributed by atoms with van der Waals surface area (Å²) in [5, 5.41) is 57.2. The summed E-state index contributed by atoms with van der Waals surface area (Å²) in [5.74, 6) is -8.57. The van der Waals surface area contributed by atoms with Crippen LogP contribution in [-0.4, -0.2) is 165 Å². The number of rotatable bonds is 17. The molecular weight excluding hydrogens is 1040 g/mol. The summed E-state index contributed by atoms with van der Waals surface area (Å²) in [6.07, 6.45) is 3.86. The van der Waals surface area contributed by atoms with Crippen molar-refractivity contribution in [1.82, 2.24) is 46.7 Å². The van der Waals surface area contributed by atoms with Crippen molar-refractivity contribution in [3.63, 3.8) is 0 Å². The molecule has 1 aromatic heterocycles. The lowest BCUT2D eigenvalue weighted by Crippen LogP contribution is -2.60. The molecule has 81 heavy (non-hydrogen) atoms. The Labute approximate surface area is 471 Å². The van der Waals surface area contributed by atoms with E-state index >= 15 is 0 Å². The van der Waals surface area contributed by atoms with Gasteiger partial charge in [-0.3, -0.25) is 38.4 Å². The fourth-order valence-electron chi connectivity index (χ4n) is 9.69. The molecule has 1 aliphatic heterocycles. The number of carboxylic acids is 1. The fraction of sp³-hybridized carbons (Fsp3) is 0.500. The lowest BCUT2D eigenvalue weighted by Gasteiger charge is -2.31. The number of aromatic hydroxyl groups is 2. The molecule has 23 nitrogen and oxygen atoms in total.